The normalized spacial score (nSPS) is 10.4. The number of hydrogen-bond donors (Lipinski definition) is 2. The van der Waals surface area contributed by atoms with Crippen LogP contribution >= 0.6 is 0 Å². The zero-order valence-electron chi connectivity index (χ0n) is 10.6. The van der Waals surface area contributed by atoms with Crippen molar-refractivity contribution in [1.82, 2.24) is 0 Å². The second kappa shape index (κ2) is 5.01. The highest BCUT2D eigenvalue weighted by molar-refractivity contribution is 6.22. The van der Waals surface area contributed by atoms with Crippen molar-refractivity contribution in [2.45, 2.75) is 0 Å². The van der Waals surface area contributed by atoms with Gasteiger partial charge in [0, 0.05) is 21.5 Å². The Labute approximate surface area is 115 Å². The van der Waals surface area contributed by atoms with Crippen molar-refractivity contribution in [1.29, 1.82) is 0 Å². The number of carbonyl (C=O) groups is 2. The first kappa shape index (κ1) is 12.2. The van der Waals surface area contributed by atoms with Crippen LogP contribution in [0.3, 0.4) is 0 Å². The molecule has 0 bridgehead atoms. The van der Waals surface area contributed by atoms with Crippen LogP contribution in [0.5, 0.6) is 0 Å². The first-order valence-electron chi connectivity index (χ1n) is 6.20. The van der Waals surface area contributed by atoms with Crippen molar-refractivity contribution < 1.29 is 9.59 Å². The third-order valence-electron chi connectivity index (χ3n) is 3.34. The molecule has 20 heavy (non-hydrogen) atoms. The van der Waals surface area contributed by atoms with Gasteiger partial charge in [-0.15, -0.1) is 0 Å². The van der Waals surface area contributed by atoms with Crippen LogP contribution in [0.4, 0.5) is 11.4 Å². The summed E-state index contributed by atoms with van der Waals surface area (Å²) in [6.07, 6.45) is 1.34. The topological polar surface area (TPSA) is 58.2 Å². The van der Waals surface area contributed by atoms with E-state index >= 15 is 0 Å². The van der Waals surface area contributed by atoms with Crippen LogP contribution in [0.1, 0.15) is 0 Å². The Balaban J connectivity index is 2.53. The van der Waals surface area contributed by atoms with E-state index in [9.17, 15) is 9.59 Å². The lowest BCUT2D eigenvalue weighted by Crippen LogP contribution is -2.01. The van der Waals surface area contributed by atoms with Gasteiger partial charge in [0.2, 0.25) is 12.8 Å². The van der Waals surface area contributed by atoms with Gasteiger partial charge in [-0.1, -0.05) is 48.5 Å². The summed E-state index contributed by atoms with van der Waals surface area (Å²) in [4.78, 5) is 21.8. The minimum absolute atomic E-state index is 0.668. The lowest BCUT2D eigenvalue weighted by molar-refractivity contribution is -0.106. The van der Waals surface area contributed by atoms with Gasteiger partial charge in [0.15, 0.2) is 0 Å². The summed E-state index contributed by atoms with van der Waals surface area (Å²) in [5, 5.41) is 9.10. The average molecular weight is 264 g/mol. The van der Waals surface area contributed by atoms with Crippen molar-refractivity contribution in [2.75, 3.05) is 10.6 Å². The Morgan fingerprint density at radius 2 is 0.900 bits per heavy atom. The van der Waals surface area contributed by atoms with E-state index in [4.69, 9.17) is 0 Å². The molecule has 2 N–H and O–H groups in total. The minimum atomic E-state index is 0.668. The molecular formula is C16H12N2O2. The Morgan fingerprint density at radius 3 is 1.15 bits per heavy atom. The molecule has 98 valence electrons. The van der Waals surface area contributed by atoms with Crippen LogP contribution in [0.15, 0.2) is 48.5 Å². The molecule has 3 rings (SSSR count). The Morgan fingerprint density at radius 1 is 0.600 bits per heavy atom. The zero-order chi connectivity index (χ0) is 13.9. The van der Waals surface area contributed by atoms with E-state index in [1.165, 1.54) is 0 Å². The summed E-state index contributed by atoms with van der Waals surface area (Å²) >= 11 is 0. The van der Waals surface area contributed by atoms with Crippen molar-refractivity contribution in [3.63, 3.8) is 0 Å². The molecule has 2 amide bonds. The highest BCUT2D eigenvalue weighted by Crippen LogP contribution is 2.39. The molecule has 0 aliphatic carbocycles. The summed E-state index contributed by atoms with van der Waals surface area (Å²) in [7, 11) is 0. The average Bonchev–Trinajstić information content (AvgIpc) is 2.50. The van der Waals surface area contributed by atoms with E-state index in [0.29, 0.717) is 12.8 Å². The number of nitrogens with one attached hydrogen (secondary N) is 2. The SMILES string of the molecule is O=CNc1c2ccccc2c(NC=O)c2ccccc12. The maximum atomic E-state index is 10.9. The van der Waals surface area contributed by atoms with E-state index in [1.807, 2.05) is 48.5 Å². The second-order valence-electron chi connectivity index (χ2n) is 4.37. The molecule has 0 saturated heterocycles. The van der Waals surface area contributed by atoms with Gasteiger partial charge >= 0.3 is 0 Å². The Hall–Kier alpha value is -2.88. The minimum Gasteiger partial charge on any atom is -0.328 e. The molecule has 0 aliphatic heterocycles. The molecule has 0 radical (unpaired) electrons. The number of anilines is 2. The van der Waals surface area contributed by atoms with E-state index in [-0.39, 0.29) is 0 Å². The fourth-order valence-corrected chi connectivity index (χ4v) is 2.56. The second-order valence-corrected chi connectivity index (χ2v) is 4.37. The van der Waals surface area contributed by atoms with Crippen molar-refractivity contribution in [3.8, 4) is 0 Å². The number of hydrogen-bond acceptors (Lipinski definition) is 2. The summed E-state index contributed by atoms with van der Waals surface area (Å²) in [6, 6.07) is 15.3. The standard InChI is InChI=1S/C16H12N2O2/c19-9-17-15-11-5-1-2-6-12(11)16(18-10-20)14-8-4-3-7-13(14)15/h1-10H,(H,17,19)(H,18,20). The Bertz CT molecular complexity index is 687. The fraction of sp³-hybridized carbons (Fsp3) is 0. The molecule has 0 unspecified atom stereocenters. The first-order valence-corrected chi connectivity index (χ1v) is 6.20. The largest absolute Gasteiger partial charge is 0.328 e. The molecular weight excluding hydrogens is 252 g/mol. The van der Waals surface area contributed by atoms with Gasteiger partial charge in [-0.3, -0.25) is 9.59 Å². The maximum absolute atomic E-state index is 10.9. The monoisotopic (exact) mass is 264 g/mol. The third-order valence-corrected chi connectivity index (χ3v) is 3.34. The number of carbonyl (C=O) groups excluding carboxylic acids is 2. The molecule has 4 nitrogen and oxygen atoms in total. The van der Waals surface area contributed by atoms with E-state index in [1.54, 1.807) is 0 Å². The fourth-order valence-electron chi connectivity index (χ4n) is 2.56. The molecule has 0 aromatic heterocycles. The van der Waals surface area contributed by atoms with Crippen LogP contribution in [0.25, 0.3) is 21.5 Å². The van der Waals surface area contributed by atoms with Gasteiger partial charge in [-0.2, -0.15) is 0 Å². The predicted molar refractivity (Wildman–Crippen MR) is 80.8 cm³/mol. The van der Waals surface area contributed by atoms with Gasteiger partial charge in [0.05, 0.1) is 11.4 Å². The predicted octanol–water partition coefficient (Wildman–Crippen LogP) is 3.13. The van der Waals surface area contributed by atoms with Crippen LogP contribution in [-0.4, -0.2) is 12.8 Å². The van der Waals surface area contributed by atoms with Crippen LogP contribution in [0.2, 0.25) is 0 Å². The first-order chi connectivity index (χ1) is 9.86. The molecule has 0 atom stereocenters. The van der Waals surface area contributed by atoms with Gasteiger partial charge in [0.25, 0.3) is 0 Å². The van der Waals surface area contributed by atoms with Gasteiger partial charge in [-0.05, 0) is 0 Å². The number of benzene rings is 3. The molecule has 0 spiro atoms. The van der Waals surface area contributed by atoms with Crippen LogP contribution in [0, 0.1) is 0 Å². The maximum Gasteiger partial charge on any atom is 0.211 e. The molecule has 0 fully saturated rings. The van der Waals surface area contributed by atoms with Crippen LogP contribution in [-0.2, 0) is 9.59 Å². The molecule has 0 heterocycles. The third kappa shape index (κ3) is 1.78. The van der Waals surface area contributed by atoms with E-state index in [2.05, 4.69) is 10.6 Å². The highest BCUT2D eigenvalue weighted by atomic mass is 16.1. The summed E-state index contributed by atoms with van der Waals surface area (Å²) in [5.74, 6) is 0. The van der Waals surface area contributed by atoms with Crippen molar-refractivity contribution >= 4 is 45.7 Å². The van der Waals surface area contributed by atoms with E-state index < -0.39 is 0 Å². The molecule has 0 saturated carbocycles. The van der Waals surface area contributed by atoms with E-state index in [0.717, 1.165) is 32.9 Å². The van der Waals surface area contributed by atoms with Crippen molar-refractivity contribution in [3.05, 3.63) is 48.5 Å². The lowest BCUT2D eigenvalue weighted by atomic mass is 9.98. The van der Waals surface area contributed by atoms with Crippen molar-refractivity contribution in [2.24, 2.45) is 0 Å². The quantitative estimate of drug-likeness (QED) is 0.432. The summed E-state index contributed by atoms with van der Waals surface area (Å²) < 4.78 is 0. The van der Waals surface area contributed by atoms with Gasteiger partial charge in [-0.25, -0.2) is 0 Å². The molecule has 4 heteroatoms. The van der Waals surface area contributed by atoms with Gasteiger partial charge in [0.1, 0.15) is 0 Å². The summed E-state index contributed by atoms with van der Waals surface area (Å²) in [6.45, 7) is 0. The van der Waals surface area contributed by atoms with Crippen LogP contribution < -0.4 is 10.6 Å². The summed E-state index contributed by atoms with van der Waals surface area (Å²) in [5.41, 5.74) is 1.50. The number of rotatable bonds is 4. The molecule has 3 aromatic carbocycles. The number of fused-ring (bicyclic) bond motifs is 2. The Kier molecular flexibility index (Phi) is 3.05. The van der Waals surface area contributed by atoms with Gasteiger partial charge < -0.3 is 10.6 Å². The molecule has 3 aromatic rings. The smallest absolute Gasteiger partial charge is 0.211 e. The molecule has 0 aliphatic rings. The zero-order valence-corrected chi connectivity index (χ0v) is 10.6. The lowest BCUT2D eigenvalue weighted by Gasteiger charge is -2.15. The highest BCUT2D eigenvalue weighted by Gasteiger charge is 2.12. The number of amides is 2.